The van der Waals surface area contributed by atoms with Crippen LogP contribution in [0.5, 0.6) is 0 Å². The average molecular weight is 166 g/mol. The summed E-state index contributed by atoms with van der Waals surface area (Å²) in [5.74, 6) is -0.280. The Morgan fingerprint density at radius 2 is 2.33 bits per heavy atom. The molecule has 1 nitrogen and oxygen atoms in total. The maximum Gasteiger partial charge on any atom is 0.123 e. The van der Waals surface area contributed by atoms with E-state index in [9.17, 15) is 9.18 Å². The quantitative estimate of drug-likeness (QED) is 0.629. The summed E-state index contributed by atoms with van der Waals surface area (Å²) in [5.41, 5.74) is 0.870. The number of carbonyl (C=O) groups excluding carboxylic acids is 1. The van der Waals surface area contributed by atoms with E-state index in [-0.39, 0.29) is 11.7 Å². The van der Waals surface area contributed by atoms with Crippen LogP contribution in [0.2, 0.25) is 0 Å². The van der Waals surface area contributed by atoms with Crippen molar-refractivity contribution in [1.82, 2.24) is 0 Å². The Morgan fingerprint density at radius 1 is 1.58 bits per heavy atom. The molecule has 0 saturated carbocycles. The summed E-state index contributed by atoms with van der Waals surface area (Å²) in [6.45, 7) is 1.82. The van der Waals surface area contributed by atoms with Crippen LogP contribution in [0.3, 0.4) is 0 Å². The molecule has 1 aromatic carbocycles. The number of rotatable bonds is 3. The number of aldehydes is 1. The summed E-state index contributed by atoms with van der Waals surface area (Å²) in [6.07, 6.45) is 1.49. The summed E-state index contributed by atoms with van der Waals surface area (Å²) < 4.78 is 12.6. The fourth-order valence-corrected chi connectivity index (χ4v) is 1.08. The van der Waals surface area contributed by atoms with Gasteiger partial charge in [-0.05, 0) is 24.1 Å². The number of hydrogen-bond donors (Lipinski definition) is 0. The first kappa shape index (κ1) is 8.91. The lowest BCUT2D eigenvalue weighted by Crippen LogP contribution is -2.00. The second kappa shape index (κ2) is 4.00. The van der Waals surface area contributed by atoms with E-state index in [0.29, 0.717) is 6.42 Å². The van der Waals surface area contributed by atoms with Crippen molar-refractivity contribution in [2.75, 3.05) is 0 Å². The molecule has 12 heavy (non-hydrogen) atoms. The fraction of sp³-hybridized carbons (Fsp3) is 0.300. The maximum atomic E-state index is 12.6. The molecule has 0 spiro atoms. The highest BCUT2D eigenvalue weighted by Crippen LogP contribution is 2.08. The SMILES string of the molecule is CC(C=O)Cc1cccc(F)c1. The highest BCUT2D eigenvalue weighted by molar-refractivity contribution is 5.53. The van der Waals surface area contributed by atoms with Gasteiger partial charge < -0.3 is 4.79 Å². The predicted octanol–water partition coefficient (Wildman–Crippen LogP) is 2.20. The molecule has 64 valence electrons. The van der Waals surface area contributed by atoms with Crippen LogP contribution >= 0.6 is 0 Å². The number of benzene rings is 1. The average Bonchev–Trinajstić information content (AvgIpc) is 2.04. The van der Waals surface area contributed by atoms with Gasteiger partial charge in [-0.15, -0.1) is 0 Å². The van der Waals surface area contributed by atoms with Crippen molar-refractivity contribution in [2.24, 2.45) is 5.92 Å². The van der Waals surface area contributed by atoms with E-state index in [1.165, 1.54) is 12.1 Å². The third-order valence-electron chi connectivity index (χ3n) is 1.68. The van der Waals surface area contributed by atoms with Crippen molar-refractivity contribution in [3.63, 3.8) is 0 Å². The molecule has 0 saturated heterocycles. The monoisotopic (exact) mass is 166 g/mol. The molecule has 0 N–H and O–H groups in total. The highest BCUT2D eigenvalue weighted by Gasteiger charge is 2.01. The molecule has 2 heteroatoms. The van der Waals surface area contributed by atoms with E-state index in [4.69, 9.17) is 0 Å². The number of carbonyl (C=O) groups is 1. The lowest BCUT2D eigenvalue weighted by Gasteiger charge is -2.02. The molecule has 0 aliphatic rings. The number of halogens is 1. The van der Waals surface area contributed by atoms with Crippen molar-refractivity contribution in [2.45, 2.75) is 13.3 Å². The smallest absolute Gasteiger partial charge is 0.123 e. The first-order chi connectivity index (χ1) is 5.72. The normalized spacial score (nSPS) is 12.5. The maximum absolute atomic E-state index is 12.6. The van der Waals surface area contributed by atoms with Crippen molar-refractivity contribution < 1.29 is 9.18 Å². The Hall–Kier alpha value is -1.18. The molecule has 1 unspecified atom stereocenters. The summed E-state index contributed by atoms with van der Waals surface area (Å²) in [4.78, 5) is 10.3. The largest absolute Gasteiger partial charge is 0.303 e. The Labute approximate surface area is 71.2 Å². The van der Waals surface area contributed by atoms with Crippen LogP contribution in [0.1, 0.15) is 12.5 Å². The highest BCUT2D eigenvalue weighted by atomic mass is 19.1. The molecule has 0 aromatic heterocycles. The minimum atomic E-state index is -0.245. The van der Waals surface area contributed by atoms with Crippen LogP contribution in [-0.4, -0.2) is 6.29 Å². The summed E-state index contributed by atoms with van der Waals surface area (Å²) in [6, 6.07) is 6.33. The second-order valence-electron chi connectivity index (χ2n) is 2.95. The Kier molecular flexibility index (Phi) is 2.97. The molecule has 0 aliphatic carbocycles. The number of hydrogen-bond acceptors (Lipinski definition) is 1. The lowest BCUT2D eigenvalue weighted by molar-refractivity contribution is -0.110. The van der Waals surface area contributed by atoms with Crippen molar-refractivity contribution in [3.8, 4) is 0 Å². The van der Waals surface area contributed by atoms with Gasteiger partial charge in [-0.25, -0.2) is 4.39 Å². The van der Waals surface area contributed by atoms with Gasteiger partial charge in [0.1, 0.15) is 12.1 Å². The topological polar surface area (TPSA) is 17.1 Å². The van der Waals surface area contributed by atoms with Crippen LogP contribution in [0.15, 0.2) is 24.3 Å². The zero-order valence-electron chi connectivity index (χ0n) is 6.96. The zero-order valence-corrected chi connectivity index (χ0v) is 6.96. The molecule has 0 amide bonds. The van der Waals surface area contributed by atoms with Crippen LogP contribution in [0.4, 0.5) is 4.39 Å². The molecule has 1 aromatic rings. The van der Waals surface area contributed by atoms with Crippen molar-refractivity contribution in [3.05, 3.63) is 35.6 Å². The van der Waals surface area contributed by atoms with Gasteiger partial charge in [-0.2, -0.15) is 0 Å². The van der Waals surface area contributed by atoms with Gasteiger partial charge in [-0.1, -0.05) is 19.1 Å². The van der Waals surface area contributed by atoms with Gasteiger partial charge in [0.05, 0.1) is 0 Å². The summed E-state index contributed by atoms with van der Waals surface area (Å²) >= 11 is 0. The van der Waals surface area contributed by atoms with E-state index in [2.05, 4.69) is 0 Å². The first-order valence-corrected chi connectivity index (χ1v) is 3.92. The standard InChI is InChI=1S/C10H11FO/c1-8(7-12)5-9-3-2-4-10(11)6-9/h2-4,6-8H,5H2,1H3. The summed E-state index contributed by atoms with van der Waals surface area (Å²) in [7, 11) is 0. The third-order valence-corrected chi connectivity index (χ3v) is 1.68. The molecule has 0 aliphatic heterocycles. The molecule has 1 atom stereocenters. The molecular formula is C10H11FO. The molecule has 0 radical (unpaired) electrons. The predicted molar refractivity (Wildman–Crippen MR) is 45.3 cm³/mol. The molecule has 0 fully saturated rings. The van der Waals surface area contributed by atoms with Gasteiger partial charge in [0.25, 0.3) is 0 Å². The summed E-state index contributed by atoms with van der Waals surface area (Å²) in [5, 5.41) is 0. The fourth-order valence-electron chi connectivity index (χ4n) is 1.08. The minimum Gasteiger partial charge on any atom is -0.303 e. The van der Waals surface area contributed by atoms with E-state index >= 15 is 0 Å². The molecular weight excluding hydrogens is 155 g/mol. The van der Waals surface area contributed by atoms with Gasteiger partial charge in [0.2, 0.25) is 0 Å². The van der Waals surface area contributed by atoms with Gasteiger partial charge in [-0.3, -0.25) is 0 Å². The zero-order chi connectivity index (χ0) is 8.97. The Bertz CT molecular complexity index is 270. The van der Waals surface area contributed by atoms with E-state index < -0.39 is 0 Å². The van der Waals surface area contributed by atoms with Crippen LogP contribution < -0.4 is 0 Å². The molecule has 1 rings (SSSR count). The molecule has 0 bridgehead atoms. The van der Waals surface area contributed by atoms with Gasteiger partial charge >= 0.3 is 0 Å². The van der Waals surface area contributed by atoms with Crippen LogP contribution in [0, 0.1) is 11.7 Å². The van der Waals surface area contributed by atoms with Crippen molar-refractivity contribution >= 4 is 6.29 Å². The Balaban J connectivity index is 2.69. The minimum absolute atomic E-state index is 0.0354. The lowest BCUT2D eigenvalue weighted by atomic mass is 10.0. The Morgan fingerprint density at radius 3 is 2.92 bits per heavy atom. The molecule has 0 heterocycles. The second-order valence-corrected chi connectivity index (χ2v) is 2.95. The van der Waals surface area contributed by atoms with E-state index in [1.54, 1.807) is 6.07 Å². The first-order valence-electron chi connectivity index (χ1n) is 3.92. The third kappa shape index (κ3) is 2.46. The van der Waals surface area contributed by atoms with E-state index in [0.717, 1.165) is 11.8 Å². The van der Waals surface area contributed by atoms with Crippen molar-refractivity contribution in [1.29, 1.82) is 0 Å². The van der Waals surface area contributed by atoms with Gasteiger partial charge in [0.15, 0.2) is 0 Å². The van der Waals surface area contributed by atoms with Crippen LogP contribution in [-0.2, 0) is 11.2 Å². The van der Waals surface area contributed by atoms with Gasteiger partial charge in [0, 0.05) is 5.92 Å². The van der Waals surface area contributed by atoms with E-state index in [1.807, 2.05) is 13.0 Å². The van der Waals surface area contributed by atoms with Crippen LogP contribution in [0.25, 0.3) is 0 Å².